The topological polar surface area (TPSA) is 94.1 Å². The molecule has 0 radical (unpaired) electrons. The number of halogens is 1. The summed E-state index contributed by atoms with van der Waals surface area (Å²) in [6.45, 7) is 5.62. The van der Waals surface area contributed by atoms with Gasteiger partial charge in [-0.2, -0.15) is 0 Å². The van der Waals surface area contributed by atoms with Crippen LogP contribution in [0.3, 0.4) is 0 Å². The Hall–Kier alpha value is -1.56. The molecule has 0 aliphatic carbocycles. The summed E-state index contributed by atoms with van der Waals surface area (Å²) in [7, 11) is -3.38. The van der Waals surface area contributed by atoms with E-state index in [-0.39, 0.29) is 42.2 Å². The average Bonchev–Trinajstić information content (AvgIpc) is 3.31. The number of aliphatic imine (C=N–C) groups is 1. The Bertz CT molecular complexity index is 847. The third-order valence-corrected chi connectivity index (χ3v) is 6.98. The van der Waals surface area contributed by atoms with Crippen molar-refractivity contribution in [3.05, 3.63) is 29.8 Å². The fourth-order valence-corrected chi connectivity index (χ4v) is 5.17. The number of amides is 1. The van der Waals surface area contributed by atoms with Crippen molar-refractivity contribution in [2.45, 2.75) is 32.6 Å². The van der Waals surface area contributed by atoms with Gasteiger partial charge in [0.25, 0.3) is 0 Å². The van der Waals surface area contributed by atoms with E-state index in [1.165, 1.54) is 4.31 Å². The Kier molecular flexibility index (Phi) is 9.66. The predicted molar refractivity (Wildman–Crippen MR) is 131 cm³/mol. The second-order valence-corrected chi connectivity index (χ2v) is 9.31. The summed E-state index contributed by atoms with van der Waals surface area (Å²) >= 11 is 0. The molecule has 0 bridgehead atoms. The number of carbonyl (C=O) groups excluding carboxylic acids is 1. The normalized spacial score (nSPS) is 16.4. The van der Waals surface area contributed by atoms with Crippen LogP contribution in [0.5, 0.6) is 0 Å². The van der Waals surface area contributed by atoms with Crippen LogP contribution in [0.2, 0.25) is 0 Å². The van der Waals surface area contributed by atoms with E-state index in [4.69, 9.17) is 0 Å². The van der Waals surface area contributed by atoms with Crippen LogP contribution in [0.15, 0.2) is 29.3 Å². The van der Waals surface area contributed by atoms with Crippen molar-refractivity contribution in [1.29, 1.82) is 0 Å². The summed E-state index contributed by atoms with van der Waals surface area (Å²) in [5.41, 5.74) is 1.87. The Balaban J connectivity index is 0.00000320. The summed E-state index contributed by atoms with van der Waals surface area (Å²) in [6.07, 6.45) is 3.16. The summed E-state index contributed by atoms with van der Waals surface area (Å²) in [5.74, 6) is 0.846. The number of sulfonamides is 1. The molecule has 2 aliphatic heterocycles. The minimum atomic E-state index is -3.38. The SMILES string of the molecule is CCNC(=NCCCN1CCCC1=O)NCCS(=O)(=O)N1CCc2ccccc21.I. The highest BCUT2D eigenvalue weighted by Crippen LogP contribution is 2.29. The van der Waals surface area contributed by atoms with Crippen LogP contribution in [0.25, 0.3) is 0 Å². The lowest BCUT2D eigenvalue weighted by molar-refractivity contribution is -0.127. The van der Waals surface area contributed by atoms with Crippen LogP contribution in [-0.4, -0.2) is 70.2 Å². The summed E-state index contributed by atoms with van der Waals surface area (Å²) in [6, 6.07) is 7.66. The third kappa shape index (κ3) is 6.47. The molecule has 1 aromatic rings. The molecular formula is C20H32IN5O3S. The molecular weight excluding hydrogens is 517 g/mol. The molecule has 1 amide bonds. The Morgan fingerprint density at radius 2 is 1.97 bits per heavy atom. The fourth-order valence-electron chi connectivity index (χ4n) is 3.74. The first-order chi connectivity index (χ1) is 14.0. The molecule has 3 rings (SSSR count). The first-order valence-corrected chi connectivity index (χ1v) is 12.0. The molecule has 0 unspecified atom stereocenters. The zero-order valence-electron chi connectivity index (χ0n) is 17.5. The number of nitrogens with one attached hydrogen (secondary N) is 2. The van der Waals surface area contributed by atoms with Gasteiger partial charge in [0, 0.05) is 45.7 Å². The monoisotopic (exact) mass is 549 g/mol. The molecule has 1 aromatic carbocycles. The number of likely N-dealkylation sites (tertiary alicyclic amines) is 1. The van der Waals surface area contributed by atoms with Gasteiger partial charge in [-0.05, 0) is 37.8 Å². The van der Waals surface area contributed by atoms with E-state index in [2.05, 4.69) is 15.6 Å². The van der Waals surface area contributed by atoms with Gasteiger partial charge in [-0.3, -0.25) is 14.1 Å². The van der Waals surface area contributed by atoms with Crippen molar-refractivity contribution in [1.82, 2.24) is 15.5 Å². The van der Waals surface area contributed by atoms with Gasteiger partial charge in [-0.25, -0.2) is 8.42 Å². The zero-order valence-corrected chi connectivity index (χ0v) is 20.6. The van der Waals surface area contributed by atoms with Crippen molar-refractivity contribution in [3.63, 3.8) is 0 Å². The maximum absolute atomic E-state index is 12.8. The molecule has 0 atom stereocenters. The predicted octanol–water partition coefficient (Wildman–Crippen LogP) is 1.56. The highest BCUT2D eigenvalue weighted by molar-refractivity contribution is 14.0. The van der Waals surface area contributed by atoms with Gasteiger partial charge in [0.05, 0.1) is 11.4 Å². The molecule has 2 N–H and O–H groups in total. The molecule has 168 valence electrons. The second-order valence-electron chi connectivity index (χ2n) is 7.29. The van der Waals surface area contributed by atoms with Crippen molar-refractivity contribution in [2.75, 3.05) is 49.3 Å². The van der Waals surface area contributed by atoms with Crippen LogP contribution in [0.1, 0.15) is 31.7 Å². The summed E-state index contributed by atoms with van der Waals surface area (Å²) < 4.78 is 27.0. The number of hydrogen-bond acceptors (Lipinski definition) is 4. The number of rotatable bonds is 9. The summed E-state index contributed by atoms with van der Waals surface area (Å²) in [4.78, 5) is 18.0. The van der Waals surface area contributed by atoms with E-state index in [9.17, 15) is 13.2 Å². The maximum Gasteiger partial charge on any atom is 0.236 e. The lowest BCUT2D eigenvalue weighted by Crippen LogP contribution is -2.42. The second kappa shape index (κ2) is 11.7. The lowest BCUT2D eigenvalue weighted by Gasteiger charge is -2.20. The molecule has 30 heavy (non-hydrogen) atoms. The van der Waals surface area contributed by atoms with Crippen LogP contribution in [0, 0.1) is 0 Å². The van der Waals surface area contributed by atoms with E-state index in [1.807, 2.05) is 36.1 Å². The van der Waals surface area contributed by atoms with Gasteiger partial charge in [0.15, 0.2) is 5.96 Å². The number of benzene rings is 1. The van der Waals surface area contributed by atoms with E-state index < -0.39 is 10.0 Å². The van der Waals surface area contributed by atoms with Gasteiger partial charge in [0.1, 0.15) is 0 Å². The molecule has 10 heteroatoms. The number of anilines is 1. The Morgan fingerprint density at radius 3 is 2.70 bits per heavy atom. The van der Waals surface area contributed by atoms with Crippen LogP contribution in [0.4, 0.5) is 5.69 Å². The minimum Gasteiger partial charge on any atom is -0.357 e. The van der Waals surface area contributed by atoms with Crippen LogP contribution in [-0.2, 0) is 21.2 Å². The van der Waals surface area contributed by atoms with Crippen LogP contribution >= 0.6 is 24.0 Å². The van der Waals surface area contributed by atoms with Crippen molar-refractivity contribution in [3.8, 4) is 0 Å². The fraction of sp³-hybridized carbons (Fsp3) is 0.600. The number of fused-ring (bicyclic) bond motifs is 1. The molecule has 2 aliphatic rings. The summed E-state index contributed by atoms with van der Waals surface area (Å²) in [5, 5.41) is 6.26. The van der Waals surface area contributed by atoms with E-state index in [0.29, 0.717) is 32.0 Å². The average molecular weight is 549 g/mol. The maximum atomic E-state index is 12.8. The molecule has 8 nitrogen and oxygen atoms in total. The molecule has 0 spiro atoms. The quantitative estimate of drug-likeness (QED) is 0.211. The van der Waals surface area contributed by atoms with Gasteiger partial charge >= 0.3 is 0 Å². The van der Waals surface area contributed by atoms with Crippen molar-refractivity contribution in [2.24, 2.45) is 4.99 Å². The Labute approximate surface area is 196 Å². The van der Waals surface area contributed by atoms with Crippen molar-refractivity contribution < 1.29 is 13.2 Å². The van der Waals surface area contributed by atoms with Gasteiger partial charge in [0.2, 0.25) is 15.9 Å². The Morgan fingerprint density at radius 1 is 1.17 bits per heavy atom. The van der Waals surface area contributed by atoms with Gasteiger partial charge in [-0.1, -0.05) is 18.2 Å². The first kappa shape index (κ1) is 24.7. The van der Waals surface area contributed by atoms with Crippen molar-refractivity contribution >= 4 is 51.6 Å². The van der Waals surface area contributed by atoms with E-state index in [1.54, 1.807) is 0 Å². The zero-order chi connectivity index (χ0) is 20.7. The van der Waals surface area contributed by atoms with Gasteiger partial charge in [-0.15, -0.1) is 24.0 Å². The minimum absolute atomic E-state index is 0. The van der Waals surface area contributed by atoms with Crippen LogP contribution < -0.4 is 14.9 Å². The highest BCUT2D eigenvalue weighted by atomic mass is 127. The van der Waals surface area contributed by atoms with E-state index >= 15 is 0 Å². The lowest BCUT2D eigenvalue weighted by atomic mass is 10.2. The molecule has 2 heterocycles. The van der Waals surface area contributed by atoms with E-state index in [0.717, 1.165) is 43.6 Å². The standard InChI is InChI=1S/C20H31N5O3S.HI/c1-2-21-20(22-11-6-14-24-13-5-9-19(24)26)23-12-16-29(27,28)25-15-10-17-7-3-4-8-18(17)25;/h3-4,7-8H,2,5-6,9-16H2,1H3,(H2,21,22,23);1H. The molecule has 1 fully saturated rings. The first-order valence-electron chi connectivity index (χ1n) is 10.4. The number of nitrogens with zero attached hydrogens (tertiary/aromatic N) is 3. The number of para-hydroxylation sites is 1. The molecule has 0 saturated carbocycles. The number of carbonyl (C=O) groups is 1. The molecule has 1 saturated heterocycles. The third-order valence-electron chi connectivity index (χ3n) is 5.20. The molecule has 0 aromatic heterocycles. The van der Waals surface area contributed by atoms with Gasteiger partial charge < -0.3 is 15.5 Å². The largest absolute Gasteiger partial charge is 0.357 e. The number of hydrogen-bond donors (Lipinski definition) is 2. The highest BCUT2D eigenvalue weighted by Gasteiger charge is 2.28. The smallest absolute Gasteiger partial charge is 0.236 e. The number of guanidine groups is 1.